The van der Waals surface area contributed by atoms with E-state index in [-0.39, 0.29) is 35.6 Å². The molecule has 2 aromatic rings. The summed E-state index contributed by atoms with van der Waals surface area (Å²) in [6.07, 6.45) is 1.31. The van der Waals surface area contributed by atoms with Crippen LogP contribution in [0.25, 0.3) is 0 Å². The zero-order chi connectivity index (χ0) is 24.8. The lowest BCUT2D eigenvalue weighted by Gasteiger charge is -2.36. The third kappa shape index (κ3) is 6.25. The Morgan fingerprint density at radius 1 is 0.912 bits per heavy atom. The molecule has 0 spiro atoms. The van der Waals surface area contributed by atoms with Crippen LogP contribution in [0.5, 0.6) is 0 Å². The van der Waals surface area contributed by atoms with Crippen molar-refractivity contribution in [2.24, 2.45) is 11.8 Å². The number of piperidine rings is 1. The van der Waals surface area contributed by atoms with Gasteiger partial charge in [0.2, 0.25) is 5.91 Å². The number of hydrogen-bond acceptors (Lipinski definition) is 3. The van der Waals surface area contributed by atoms with Crippen LogP contribution in [-0.4, -0.2) is 47.8 Å². The highest BCUT2D eigenvalue weighted by Crippen LogP contribution is 2.24. The normalized spacial score (nSPS) is 16.1. The van der Waals surface area contributed by atoms with Crippen molar-refractivity contribution in [3.8, 4) is 0 Å². The number of nitrogens with one attached hydrogen (secondary N) is 2. The predicted molar refractivity (Wildman–Crippen MR) is 135 cm³/mol. The minimum absolute atomic E-state index is 0.00616. The van der Waals surface area contributed by atoms with Gasteiger partial charge in [0, 0.05) is 30.3 Å². The number of likely N-dealkylation sites (tertiary alicyclic amines) is 1. The van der Waals surface area contributed by atoms with E-state index in [1.165, 1.54) is 0 Å². The largest absolute Gasteiger partial charge is 0.352 e. The number of amides is 3. The van der Waals surface area contributed by atoms with Crippen LogP contribution in [0.2, 0.25) is 0 Å². The van der Waals surface area contributed by atoms with Gasteiger partial charge in [-0.2, -0.15) is 0 Å². The lowest BCUT2D eigenvalue weighted by atomic mass is 9.87. The van der Waals surface area contributed by atoms with Crippen LogP contribution in [0.1, 0.15) is 65.5 Å². The van der Waals surface area contributed by atoms with Crippen LogP contribution in [0.4, 0.5) is 0 Å². The van der Waals surface area contributed by atoms with Gasteiger partial charge in [-0.1, -0.05) is 49.7 Å². The van der Waals surface area contributed by atoms with E-state index in [1.54, 1.807) is 6.07 Å². The van der Waals surface area contributed by atoms with E-state index in [0.717, 1.165) is 11.1 Å². The van der Waals surface area contributed by atoms with Crippen LogP contribution in [0.3, 0.4) is 0 Å². The summed E-state index contributed by atoms with van der Waals surface area (Å²) in [5, 5.41) is 6.10. The third-order valence-corrected chi connectivity index (χ3v) is 6.89. The maximum absolute atomic E-state index is 13.3. The van der Waals surface area contributed by atoms with Gasteiger partial charge in [0.05, 0.1) is 0 Å². The minimum Gasteiger partial charge on any atom is -0.352 e. The fourth-order valence-corrected chi connectivity index (χ4v) is 4.32. The lowest BCUT2D eigenvalue weighted by Crippen LogP contribution is -2.55. The molecule has 0 unspecified atom stereocenters. The van der Waals surface area contributed by atoms with Crippen molar-refractivity contribution in [2.75, 3.05) is 13.1 Å². The van der Waals surface area contributed by atoms with Gasteiger partial charge in [-0.05, 0) is 69.2 Å². The molecule has 0 bridgehead atoms. The molecular weight excluding hydrogens is 426 g/mol. The van der Waals surface area contributed by atoms with Gasteiger partial charge in [0.25, 0.3) is 11.8 Å². The molecule has 2 atom stereocenters. The van der Waals surface area contributed by atoms with E-state index in [2.05, 4.69) is 24.5 Å². The van der Waals surface area contributed by atoms with Crippen molar-refractivity contribution in [1.82, 2.24) is 15.5 Å². The summed E-state index contributed by atoms with van der Waals surface area (Å²) >= 11 is 0. The van der Waals surface area contributed by atoms with Crippen molar-refractivity contribution in [2.45, 2.75) is 59.5 Å². The second kappa shape index (κ2) is 11.3. The molecule has 2 N–H and O–H groups in total. The molecule has 2 aromatic carbocycles. The fourth-order valence-electron chi connectivity index (χ4n) is 4.32. The molecule has 1 saturated heterocycles. The molecule has 182 valence electrons. The zero-order valence-corrected chi connectivity index (χ0v) is 20.9. The van der Waals surface area contributed by atoms with E-state index in [4.69, 9.17) is 0 Å². The summed E-state index contributed by atoms with van der Waals surface area (Å²) < 4.78 is 0. The monoisotopic (exact) mass is 463 g/mol. The van der Waals surface area contributed by atoms with Gasteiger partial charge < -0.3 is 15.5 Å². The number of benzene rings is 2. The van der Waals surface area contributed by atoms with Gasteiger partial charge in [-0.15, -0.1) is 0 Å². The molecule has 6 nitrogen and oxygen atoms in total. The fraction of sp³-hybridized carbons (Fsp3) is 0.464. The summed E-state index contributed by atoms with van der Waals surface area (Å²) in [5.41, 5.74) is 3.18. The highest BCUT2D eigenvalue weighted by Gasteiger charge is 2.35. The standard InChI is InChI=1S/C28H37N3O3/c1-18(2)21(5)29-27(33)25(30-26(32)24-12-7-6-10-20(24)4)22-13-15-31(16-14-22)28(34)23-11-8-9-19(3)17-23/h6-12,17-18,21-22,25H,13-16H2,1-5H3,(H,29,33)(H,30,32)/t21-,25-/m0/s1. The summed E-state index contributed by atoms with van der Waals surface area (Å²) in [5.74, 6) is -0.153. The van der Waals surface area contributed by atoms with E-state index in [9.17, 15) is 14.4 Å². The number of nitrogens with zero attached hydrogens (tertiary/aromatic N) is 1. The van der Waals surface area contributed by atoms with Crippen LogP contribution in [0, 0.1) is 25.7 Å². The molecule has 3 amide bonds. The molecule has 1 fully saturated rings. The Labute approximate surface area is 203 Å². The van der Waals surface area contributed by atoms with Crippen molar-refractivity contribution < 1.29 is 14.4 Å². The summed E-state index contributed by atoms with van der Waals surface area (Å²) in [6, 6.07) is 14.3. The second-order valence-corrected chi connectivity index (χ2v) is 9.81. The first-order chi connectivity index (χ1) is 16.2. The first-order valence-corrected chi connectivity index (χ1v) is 12.2. The predicted octanol–water partition coefficient (Wildman–Crippen LogP) is 4.11. The molecule has 0 radical (unpaired) electrons. The highest BCUT2D eigenvalue weighted by molar-refractivity contribution is 5.99. The van der Waals surface area contributed by atoms with E-state index >= 15 is 0 Å². The Balaban J connectivity index is 1.73. The highest BCUT2D eigenvalue weighted by atomic mass is 16.2. The molecule has 0 aromatic heterocycles. The number of carbonyl (C=O) groups is 3. The van der Waals surface area contributed by atoms with Crippen LogP contribution in [0.15, 0.2) is 48.5 Å². The summed E-state index contributed by atoms with van der Waals surface area (Å²) in [4.78, 5) is 41.2. The van der Waals surface area contributed by atoms with Crippen LogP contribution >= 0.6 is 0 Å². The van der Waals surface area contributed by atoms with E-state index in [0.29, 0.717) is 37.1 Å². The Morgan fingerprint density at radius 2 is 1.59 bits per heavy atom. The molecule has 1 heterocycles. The molecule has 0 saturated carbocycles. The number of hydrogen-bond donors (Lipinski definition) is 2. The summed E-state index contributed by atoms with van der Waals surface area (Å²) in [6.45, 7) is 11.1. The maximum atomic E-state index is 13.3. The van der Waals surface area contributed by atoms with E-state index in [1.807, 2.05) is 68.1 Å². The number of rotatable bonds is 7. The average Bonchev–Trinajstić information content (AvgIpc) is 2.82. The zero-order valence-electron chi connectivity index (χ0n) is 20.9. The van der Waals surface area contributed by atoms with Crippen LogP contribution < -0.4 is 10.6 Å². The number of aryl methyl sites for hydroxylation is 2. The van der Waals surface area contributed by atoms with Crippen molar-refractivity contribution in [3.63, 3.8) is 0 Å². The average molecular weight is 464 g/mol. The molecule has 0 aliphatic carbocycles. The maximum Gasteiger partial charge on any atom is 0.253 e. The molecular formula is C28H37N3O3. The minimum atomic E-state index is -0.649. The Hall–Kier alpha value is -3.15. The first-order valence-electron chi connectivity index (χ1n) is 12.2. The smallest absolute Gasteiger partial charge is 0.253 e. The van der Waals surface area contributed by atoms with E-state index < -0.39 is 6.04 Å². The first kappa shape index (κ1) is 25.5. The Morgan fingerprint density at radius 3 is 2.21 bits per heavy atom. The number of carbonyl (C=O) groups excluding carboxylic acids is 3. The van der Waals surface area contributed by atoms with Gasteiger partial charge in [-0.25, -0.2) is 0 Å². The van der Waals surface area contributed by atoms with Gasteiger partial charge in [0.15, 0.2) is 0 Å². The molecule has 3 rings (SSSR count). The third-order valence-electron chi connectivity index (χ3n) is 6.89. The topological polar surface area (TPSA) is 78.5 Å². The Bertz CT molecular complexity index is 1030. The second-order valence-electron chi connectivity index (χ2n) is 9.81. The van der Waals surface area contributed by atoms with Gasteiger partial charge in [-0.3, -0.25) is 14.4 Å². The van der Waals surface area contributed by atoms with Crippen molar-refractivity contribution in [3.05, 3.63) is 70.8 Å². The molecule has 1 aliphatic rings. The van der Waals surface area contributed by atoms with Crippen LogP contribution in [-0.2, 0) is 4.79 Å². The van der Waals surface area contributed by atoms with Gasteiger partial charge in [0.1, 0.15) is 6.04 Å². The summed E-state index contributed by atoms with van der Waals surface area (Å²) in [7, 11) is 0. The lowest BCUT2D eigenvalue weighted by molar-refractivity contribution is -0.125. The Kier molecular flexibility index (Phi) is 8.48. The SMILES string of the molecule is Cc1cccc(C(=O)N2CCC([C@H](NC(=O)c3ccccc3C)C(=O)N[C@@H](C)C(C)C)CC2)c1. The quantitative estimate of drug-likeness (QED) is 0.649. The van der Waals surface area contributed by atoms with Crippen molar-refractivity contribution in [1.29, 1.82) is 0 Å². The van der Waals surface area contributed by atoms with Crippen molar-refractivity contribution >= 4 is 17.7 Å². The molecule has 34 heavy (non-hydrogen) atoms. The van der Waals surface area contributed by atoms with Gasteiger partial charge >= 0.3 is 0 Å². The molecule has 1 aliphatic heterocycles. The molecule has 6 heteroatoms.